The fourth-order valence-corrected chi connectivity index (χ4v) is 2.94. The first kappa shape index (κ1) is 17.4. The molecule has 0 aliphatic carbocycles. The summed E-state index contributed by atoms with van der Waals surface area (Å²) in [7, 11) is 4.07. The van der Waals surface area contributed by atoms with Gasteiger partial charge < -0.3 is 14.9 Å². The summed E-state index contributed by atoms with van der Waals surface area (Å²) in [5.74, 6) is -0.710. The van der Waals surface area contributed by atoms with E-state index in [-0.39, 0.29) is 6.54 Å². The molecule has 1 rings (SSSR count). The van der Waals surface area contributed by atoms with Crippen molar-refractivity contribution in [2.24, 2.45) is 0 Å². The monoisotopic (exact) mass is 285 g/mol. The van der Waals surface area contributed by atoms with Crippen LogP contribution in [0.2, 0.25) is 0 Å². The van der Waals surface area contributed by atoms with Crippen molar-refractivity contribution in [2.45, 2.75) is 38.6 Å². The Labute approximate surface area is 123 Å². The molecule has 0 aromatic heterocycles. The number of likely N-dealkylation sites (tertiary alicyclic amines) is 1. The van der Waals surface area contributed by atoms with Gasteiger partial charge in [-0.25, -0.2) is 0 Å². The van der Waals surface area contributed by atoms with Gasteiger partial charge in [-0.1, -0.05) is 6.92 Å². The first-order valence-corrected chi connectivity index (χ1v) is 7.85. The van der Waals surface area contributed by atoms with Gasteiger partial charge in [-0.3, -0.25) is 9.69 Å². The van der Waals surface area contributed by atoms with Crippen LogP contribution in [0.5, 0.6) is 0 Å². The molecular weight excluding hydrogens is 254 g/mol. The minimum Gasteiger partial charge on any atom is -0.480 e. The Hall–Kier alpha value is -0.650. The molecule has 0 aromatic rings. The zero-order chi connectivity index (χ0) is 15.0. The highest BCUT2D eigenvalue weighted by atomic mass is 16.4. The van der Waals surface area contributed by atoms with Crippen LogP contribution in [-0.4, -0.2) is 85.2 Å². The number of aliphatic carboxylic acids is 1. The number of likely N-dealkylation sites (N-methyl/N-ethyl adjacent to an activating group) is 1. The van der Waals surface area contributed by atoms with Gasteiger partial charge in [0.05, 0.1) is 6.54 Å². The molecule has 1 atom stereocenters. The molecule has 20 heavy (non-hydrogen) atoms. The van der Waals surface area contributed by atoms with Gasteiger partial charge in [-0.2, -0.15) is 0 Å². The van der Waals surface area contributed by atoms with E-state index in [0.29, 0.717) is 6.04 Å². The van der Waals surface area contributed by atoms with Crippen LogP contribution in [0.15, 0.2) is 0 Å². The van der Waals surface area contributed by atoms with E-state index in [9.17, 15) is 4.79 Å². The standard InChI is InChI=1S/C15H31N3O2/c1-4-8-17-9-5-6-14(7-10-17)18(13-15(19)20)12-11-16(2)3/h14H,4-13H2,1-3H3,(H,19,20). The van der Waals surface area contributed by atoms with Gasteiger partial charge >= 0.3 is 5.97 Å². The Bertz CT molecular complexity index is 284. The zero-order valence-electron chi connectivity index (χ0n) is 13.3. The van der Waals surface area contributed by atoms with Gasteiger partial charge in [0, 0.05) is 19.1 Å². The number of hydrogen-bond acceptors (Lipinski definition) is 4. The Balaban J connectivity index is 2.53. The second kappa shape index (κ2) is 9.32. The summed E-state index contributed by atoms with van der Waals surface area (Å²) >= 11 is 0. The third-order valence-electron chi connectivity index (χ3n) is 4.02. The molecule has 1 fully saturated rings. The summed E-state index contributed by atoms with van der Waals surface area (Å²) in [4.78, 5) is 17.9. The molecule has 118 valence electrons. The van der Waals surface area contributed by atoms with Crippen LogP contribution in [0.1, 0.15) is 32.6 Å². The minimum atomic E-state index is -0.710. The highest BCUT2D eigenvalue weighted by Crippen LogP contribution is 2.17. The maximum Gasteiger partial charge on any atom is 0.317 e. The van der Waals surface area contributed by atoms with Crippen LogP contribution in [0.4, 0.5) is 0 Å². The molecule has 5 heteroatoms. The minimum absolute atomic E-state index is 0.173. The van der Waals surface area contributed by atoms with Crippen molar-refractivity contribution in [3.8, 4) is 0 Å². The average molecular weight is 285 g/mol. The molecule has 1 saturated heterocycles. The normalized spacial score (nSPS) is 21.4. The quantitative estimate of drug-likeness (QED) is 0.726. The summed E-state index contributed by atoms with van der Waals surface area (Å²) in [5, 5.41) is 9.12. The Kier molecular flexibility index (Phi) is 8.11. The van der Waals surface area contributed by atoms with E-state index in [2.05, 4.69) is 21.6 Å². The van der Waals surface area contributed by atoms with E-state index in [1.807, 2.05) is 14.1 Å². The zero-order valence-corrected chi connectivity index (χ0v) is 13.3. The molecular formula is C15H31N3O2. The van der Waals surface area contributed by atoms with Crippen LogP contribution in [-0.2, 0) is 4.79 Å². The molecule has 1 N–H and O–H groups in total. The molecule has 1 heterocycles. The SMILES string of the molecule is CCCN1CCCC(N(CCN(C)C)CC(=O)O)CC1. The molecule has 0 radical (unpaired) electrons. The van der Waals surface area contributed by atoms with Gasteiger partial charge in [0.25, 0.3) is 0 Å². The first-order valence-electron chi connectivity index (χ1n) is 7.85. The third-order valence-corrected chi connectivity index (χ3v) is 4.02. The fourth-order valence-electron chi connectivity index (χ4n) is 2.94. The lowest BCUT2D eigenvalue weighted by Gasteiger charge is -2.30. The van der Waals surface area contributed by atoms with Gasteiger partial charge in [0.15, 0.2) is 0 Å². The molecule has 5 nitrogen and oxygen atoms in total. The summed E-state index contributed by atoms with van der Waals surface area (Å²) in [6, 6.07) is 0.424. The number of carbonyl (C=O) groups is 1. The average Bonchev–Trinajstić information content (AvgIpc) is 2.60. The Morgan fingerprint density at radius 2 is 2.00 bits per heavy atom. The fraction of sp³-hybridized carbons (Fsp3) is 0.933. The predicted molar refractivity (Wildman–Crippen MR) is 82.1 cm³/mol. The lowest BCUT2D eigenvalue weighted by molar-refractivity contribution is -0.139. The number of carboxylic acid groups (broad SMARTS) is 1. The number of nitrogens with zero attached hydrogens (tertiary/aromatic N) is 3. The lowest BCUT2D eigenvalue weighted by Crippen LogP contribution is -2.43. The molecule has 1 aliphatic rings. The van der Waals surface area contributed by atoms with Crippen LogP contribution in [0.25, 0.3) is 0 Å². The summed E-state index contributed by atoms with van der Waals surface area (Å²) in [6.07, 6.45) is 4.61. The van der Waals surface area contributed by atoms with Crippen molar-refractivity contribution in [1.82, 2.24) is 14.7 Å². The van der Waals surface area contributed by atoms with E-state index in [0.717, 1.165) is 32.5 Å². The molecule has 0 bridgehead atoms. The predicted octanol–water partition coefficient (Wildman–Crippen LogP) is 1.20. The molecule has 1 aliphatic heterocycles. The van der Waals surface area contributed by atoms with Gasteiger partial charge in [-0.05, 0) is 59.4 Å². The van der Waals surface area contributed by atoms with E-state index in [4.69, 9.17) is 5.11 Å². The van der Waals surface area contributed by atoms with Crippen LogP contribution < -0.4 is 0 Å². The smallest absolute Gasteiger partial charge is 0.317 e. The second-order valence-electron chi connectivity index (χ2n) is 6.09. The van der Waals surface area contributed by atoms with Crippen molar-refractivity contribution >= 4 is 5.97 Å². The topological polar surface area (TPSA) is 47.0 Å². The lowest BCUT2D eigenvalue weighted by atomic mass is 10.1. The first-order chi connectivity index (χ1) is 9.52. The van der Waals surface area contributed by atoms with Crippen molar-refractivity contribution in [1.29, 1.82) is 0 Å². The molecule has 0 spiro atoms. The Morgan fingerprint density at radius 1 is 1.25 bits per heavy atom. The van der Waals surface area contributed by atoms with Gasteiger partial charge in [0.2, 0.25) is 0 Å². The second-order valence-corrected chi connectivity index (χ2v) is 6.09. The Morgan fingerprint density at radius 3 is 2.60 bits per heavy atom. The molecule has 1 unspecified atom stereocenters. The van der Waals surface area contributed by atoms with E-state index < -0.39 is 5.97 Å². The molecule has 0 saturated carbocycles. The van der Waals surface area contributed by atoms with Gasteiger partial charge in [-0.15, -0.1) is 0 Å². The summed E-state index contributed by atoms with van der Waals surface area (Å²) < 4.78 is 0. The maximum atomic E-state index is 11.1. The number of carboxylic acids is 1. The third kappa shape index (κ3) is 6.68. The van der Waals surface area contributed by atoms with Crippen molar-refractivity contribution in [3.63, 3.8) is 0 Å². The maximum absolute atomic E-state index is 11.1. The van der Waals surface area contributed by atoms with Crippen LogP contribution in [0.3, 0.4) is 0 Å². The van der Waals surface area contributed by atoms with Crippen LogP contribution in [0, 0.1) is 0 Å². The largest absolute Gasteiger partial charge is 0.480 e. The van der Waals surface area contributed by atoms with Crippen molar-refractivity contribution in [2.75, 3.05) is 53.4 Å². The molecule has 0 aromatic carbocycles. The summed E-state index contributed by atoms with van der Waals surface area (Å²) in [5.41, 5.74) is 0. The highest BCUT2D eigenvalue weighted by molar-refractivity contribution is 5.69. The van der Waals surface area contributed by atoms with E-state index in [1.54, 1.807) is 0 Å². The van der Waals surface area contributed by atoms with E-state index >= 15 is 0 Å². The molecule has 0 amide bonds. The number of rotatable bonds is 8. The summed E-state index contributed by atoms with van der Waals surface area (Å²) in [6.45, 7) is 7.60. The highest BCUT2D eigenvalue weighted by Gasteiger charge is 2.23. The van der Waals surface area contributed by atoms with Gasteiger partial charge in [0.1, 0.15) is 0 Å². The number of hydrogen-bond donors (Lipinski definition) is 1. The van der Waals surface area contributed by atoms with Crippen LogP contribution >= 0.6 is 0 Å². The van der Waals surface area contributed by atoms with E-state index in [1.165, 1.54) is 25.9 Å². The van der Waals surface area contributed by atoms with Crippen molar-refractivity contribution in [3.05, 3.63) is 0 Å². The van der Waals surface area contributed by atoms with Crippen molar-refractivity contribution < 1.29 is 9.90 Å².